The number of phenolic OH excluding ortho intramolecular Hbond substituents is 2. The zero-order chi connectivity index (χ0) is 20.9. The Bertz CT molecular complexity index is 1120. The van der Waals surface area contributed by atoms with Crippen molar-refractivity contribution in [2.45, 2.75) is 49.8 Å². The van der Waals surface area contributed by atoms with Crippen molar-refractivity contribution < 1.29 is 35.0 Å². The van der Waals surface area contributed by atoms with Gasteiger partial charge in [0.2, 0.25) is 11.2 Å². The maximum atomic E-state index is 12.1. The van der Waals surface area contributed by atoms with Crippen molar-refractivity contribution in [3.8, 4) is 23.0 Å². The van der Waals surface area contributed by atoms with Crippen LogP contribution in [-0.2, 0) is 16.1 Å². The third-order valence-electron chi connectivity index (χ3n) is 6.59. The fraction of sp³-hybridized carbons (Fsp3) is 0.381. The molecule has 152 valence electrons. The number of ether oxygens (including phenoxy) is 2. The summed E-state index contributed by atoms with van der Waals surface area (Å²) in [5.74, 6) is -5.04. The molecule has 0 amide bonds. The standard InChI is InChI=1S/C21H20O8/c1-20-14(8-3-5-11(22)15(24)10(8)7-28-20)18-13-9(19(20)21(2,27)29-18)4-6-12(23)16(25)17(13)26/h3-6,14,18-19,22,24,27H,7H2,1-2H3,(H2,23,25,26)/t14-,18-,19+,20-,21?/m1/s1. The Morgan fingerprint density at radius 2 is 1.66 bits per heavy atom. The number of fused-ring (bicyclic) bond motifs is 2. The van der Waals surface area contributed by atoms with Crippen molar-refractivity contribution in [3.05, 3.63) is 56.7 Å². The summed E-state index contributed by atoms with van der Waals surface area (Å²) >= 11 is 0. The van der Waals surface area contributed by atoms with Crippen molar-refractivity contribution in [1.82, 2.24) is 0 Å². The lowest BCUT2D eigenvalue weighted by Crippen LogP contribution is -2.63. The Hall–Kier alpha value is -2.81. The van der Waals surface area contributed by atoms with Gasteiger partial charge in [-0.25, -0.2) is 0 Å². The van der Waals surface area contributed by atoms with Crippen LogP contribution in [-0.4, -0.2) is 36.9 Å². The van der Waals surface area contributed by atoms with Crippen molar-refractivity contribution in [2.75, 3.05) is 0 Å². The van der Waals surface area contributed by atoms with E-state index in [-0.39, 0.29) is 23.7 Å². The van der Waals surface area contributed by atoms with Gasteiger partial charge in [-0.3, -0.25) is 4.79 Å². The minimum atomic E-state index is -1.67. The Morgan fingerprint density at radius 1 is 0.966 bits per heavy atom. The van der Waals surface area contributed by atoms with Crippen LogP contribution < -0.4 is 5.43 Å². The highest BCUT2D eigenvalue weighted by Gasteiger charge is 2.66. The molecule has 8 nitrogen and oxygen atoms in total. The summed E-state index contributed by atoms with van der Waals surface area (Å²) in [4.78, 5) is 12.1. The lowest BCUT2D eigenvalue weighted by Gasteiger charge is -2.62. The van der Waals surface area contributed by atoms with Crippen LogP contribution in [0.15, 0.2) is 29.1 Å². The van der Waals surface area contributed by atoms with Crippen LogP contribution in [0, 0.1) is 0 Å². The van der Waals surface area contributed by atoms with Gasteiger partial charge in [0.15, 0.2) is 23.0 Å². The molecule has 1 aliphatic carbocycles. The molecule has 2 aromatic carbocycles. The smallest absolute Gasteiger partial charge is 0.224 e. The molecule has 29 heavy (non-hydrogen) atoms. The third kappa shape index (κ3) is 2.11. The van der Waals surface area contributed by atoms with Crippen LogP contribution in [0.25, 0.3) is 0 Å². The molecule has 2 aromatic rings. The Balaban J connectivity index is 1.86. The number of hydrogen-bond acceptors (Lipinski definition) is 8. The number of rotatable bonds is 0. The van der Waals surface area contributed by atoms with Gasteiger partial charge in [0, 0.05) is 17.0 Å². The van der Waals surface area contributed by atoms with E-state index in [4.69, 9.17) is 9.47 Å². The van der Waals surface area contributed by atoms with E-state index in [0.717, 1.165) is 6.07 Å². The molecule has 5 N–H and O–H groups in total. The fourth-order valence-corrected chi connectivity index (χ4v) is 5.45. The number of hydrogen-bond donors (Lipinski definition) is 5. The zero-order valence-electron chi connectivity index (χ0n) is 15.7. The second kappa shape index (κ2) is 5.41. The second-order valence-corrected chi connectivity index (χ2v) is 8.24. The third-order valence-corrected chi connectivity index (χ3v) is 6.59. The highest BCUT2D eigenvalue weighted by molar-refractivity contribution is 5.59. The molecular weight excluding hydrogens is 380 g/mol. The average molecular weight is 400 g/mol. The van der Waals surface area contributed by atoms with E-state index in [9.17, 15) is 30.3 Å². The minimum absolute atomic E-state index is 0.000195. The van der Waals surface area contributed by atoms with E-state index in [1.165, 1.54) is 19.1 Å². The molecule has 3 heterocycles. The molecule has 1 unspecified atom stereocenters. The Kier molecular flexibility index (Phi) is 3.40. The fourth-order valence-electron chi connectivity index (χ4n) is 5.45. The van der Waals surface area contributed by atoms with Crippen molar-refractivity contribution in [1.29, 1.82) is 0 Å². The van der Waals surface area contributed by atoms with E-state index < -0.39 is 46.3 Å². The highest BCUT2D eigenvalue weighted by atomic mass is 16.6. The zero-order valence-corrected chi connectivity index (χ0v) is 15.7. The average Bonchev–Trinajstić information content (AvgIpc) is 2.75. The van der Waals surface area contributed by atoms with Crippen LogP contribution in [0.4, 0.5) is 0 Å². The molecule has 3 aliphatic heterocycles. The number of benzene rings is 1. The summed E-state index contributed by atoms with van der Waals surface area (Å²) in [7, 11) is 0. The largest absolute Gasteiger partial charge is 0.504 e. The monoisotopic (exact) mass is 400 g/mol. The first-order valence-corrected chi connectivity index (χ1v) is 9.25. The summed E-state index contributed by atoms with van der Waals surface area (Å²) in [6.07, 6.45) is -0.976. The Labute approximate surface area is 165 Å². The van der Waals surface area contributed by atoms with Gasteiger partial charge in [0.1, 0.15) is 0 Å². The van der Waals surface area contributed by atoms with Gasteiger partial charge >= 0.3 is 0 Å². The van der Waals surface area contributed by atoms with E-state index in [1.807, 2.05) is 6.92 Å². The molecule has 0 aromatic heterocycles. The van der Waals surface area contributed by atoms with Gasteiger partial charge in [-0.1, -0.05) is 12.1 Å². The SMILES string of the molecule is CC1(O)O[C@@H]2c3c(ccc(=O)c(O)c3O)[C@H]1[C@]1(C)OCc3c(ccc(O)c3O)[C@H]21. The molecule has 1 saturated heterocycles. The molecule has 0 saturated carbocycles. The second-order valence-electron chi connectivity index (χ2n) is 8.24. The lowest BCUT2D eigenvalue weighted by atomic mass is 9.57. The van der Waals surface area contributed by atoms with Crippen molar-refractivity contribution in [3.63, 3.8) is 0 Å². The van der Waals surface area contributed by atoms with Crippen molar-refractivity contribution >= 4 is 0 Å². The van der Waals surface area contributed by atoms with E-state index in [1.54, 1.807) is 6.07 Å². The number of phenols is 2. The first kappa shape index (κ1) is 18.2. The summed E-state index contributed by atoms with van der Waals surface area (Å²) in [6.45, 7) is 3.30. The van der Waals surface area contributed by atoms with Crippen LogP contribution in [0.3, 0.4) is 0 Å². The Morgan fingerprint density at radius 3 is 2.38 bits per heavy atom. The first-order chi connectivity index (χ1) is 13.6. The summed E-state index contributed by atoms with van der Waals surface area (Å²) < 4.78 is 12.1. The maximum Gasteiger partial charge on any atom is 0.224 e. The summed E-state index contributed by atoms with van der Waals surface area (Å²) in [5, 5.41) is 52.0. The van der Waals surface area contributed by atoms with Crippen LogP contribution in [0.5, 0.6) is 23.0 Å². The van der Waals surface area contributed by atoms with Gasteiger partial charge in [0.05, 0.1) is 24.2 Å². The molecule has 2 bridgehead atoms. The normalized spacial score (nSPS) is 34.2. The van der Waals surface area contributed by atoms with Crippen molar-refractivity contribution in [2.24, 2.45) is 0 Å². The van der Waals surface area contributed by atoms with E-state index >= 15 is 0 Å². The number of aliphatic hydroxyl groups is 1. The van der Waals surface area contributed by atoms with Gasteiger partial charge in [0.25, 0.3) is 0 Å². The van der Waals surface area contributed by atoms with Gasteiger partial charge < -0.3 is 35.0 Å². The lowest BCUT2D eigenvalue weighted by molar-refractivity contribution is -0.328. The van der Waals surface area contributed by atoms with Crippen LogP contribution in [0.2, 0.25) is 0 Å². The van der Waals surface area contributed by atoms with E-state index in [2.05, 4.69) is 0 Å². The molecule has 4 aliphatic rings. The molecule has 0 spiro atoms. The highest BCUT2D eigenvalue weighted by Crippen LogP contribution is 2.67. The quantitative estimate of drug-likeness (QED) is 0.423. The molecule has 6 rings (SSSR count). The summed E-state index contributed by atoms with van der Waals surface area (Å²) in [6, 6.07) is 5.62. The molecule has 5 atom stereocenters. The minimum Gasteiger partial charge on any atom is -0.504 e. The molecule has 0 radical (unpaired) electrons. The molecular formula is C21H20O8. The predicted octanol–water partition coefficient (Wildman–Crippen LogP) is 1.82. The summed E-state index contributed by atoms with van der Waals surface area (Å²) in [5.41, 5.74) is -0.0850. The number of aromatic hydroxyl groups is 4. The molecule has 1 fully saturated rings. The van der Waals surface area contributed by atoms with Crippen LogP contribution in [0.1, 0.15) is 54.0 Å². The predicted molar refractivity (Wildman–Crippen MR) is 98.9 cm³/mol. The molecule has 8 heteroatoms. The van der Waals surface area contributed by atoms with Gasteiger partial charge in [-0.2, -0.15) is 0 Å². The first-order valence-electron chi connectivity index (χ1n) is 9.25. The topological polar surface area (TPSA) is 137 Å². The van der Waals surface area contributed by atoms with E-state index in [0.29, 0.717) is 16.7 Å². The van der Waals surface area contributed by atoms with Gasteiger partial charge in [-0.15, -0.1) is 0 Å². The maximum absolute atomic E-state index is 12.1. The van der Waals surface area contributed by atoms with Crippen LogP contribution >= 0.6 is 0 Å². The van der Waals surface area contributed by atoms with Gasteiger partial charge in [-0.05, 0) is 37.1 Å².